The summed E-state index contributed by atoms with van der Waals surface area (Å²) in [6.45, 7) is 1.77. The molecule has 1 saturated heterocycles. The van der Waals surface area contributed by atoms with Gasteiger partial charge in [-0.25, -0.2) is 0 Å². The highest BCUT2D eigenvalue weighted by molar-refractivity contribution is 8.26. The average molecular weight is 388 g/mol. The molecule has 1 aliphatic rings. The zero-order valence-electron chi connectivity index (χ0n) is 14.0. The van der Waals surface area contributed by atoms with Crippen LogP contribution >= 0.6 is 24.0 Å². The number of carboxylic acids is 1. The van der Waals surface area contributed by atoms with Gasteiger partial charge in [0.25, 0.3) is 5.91 Å². The summed E-state index contributed by atoms with van der Waals surface area (Å²) in [5.74, 6) is -1.24. The highest BCUT2D eigenvalue weighted by Gasteiger charge is 2.31. The fraction of sp³-hybridized carbons (Fsp3) is 0.222. The van der Waals surface area contributed by atoms with E-state index in [9.17, 15) is 14.4 Å². The largest absolute Gasteiger partial charge is 0.481 e. The molecule has 2 heterocycles. The van der Waals surface area contributed by atoms with Gasteiger partial charge in [-0.3, -0.25) is 23.9 Å². The van der Waals surface area contributed by atoms with Gasteiger partial charge < -0.3 is 5.11 Å². The molecule has 6 nitrogen and oxygen atoms in total. The second-order valence-electron chi connectivity index (χ2n) is 5.82. The number of aliphatic carboxylic acids is 1. The fourth-order valence-corrected chi connectivity index (χ4v) is 4.10. The lowest BCUT2D eigenvalue weighted by atomic mass is 10.1. The van der Waals surface area contributed by atoms with Gasteiger partial charge in [0.15, 0.2) is 0 Å². The zero-order valence-corrected chi connectivity index (χ0v) is 15.6. The summed E-state index contributed by atoms with van der Waals surface area (Å²) in [6.07, 6.45) is 3.78. The normalized spacial score (nSPS) is 16.0. The Morgan fingerprint density at radius 3 is 2.73 bits per heavy atom. The number of aromatic nitrogens is 1. The Hall–Kier alpha value is -2.45. The first-order valence-electron chi connectivity index (χ1n) is 7.96. The zero-order chi connectivity index (χ0) is 18.8. The van der Waals surface area contributed by atoms with Crippen molar-refractivity contribution in [2.24, 2.45) is 0 Å². The van der Waals surface area contributed by atoms with Crippen molar-refractivity contribution in [3.63, 3.8) is 0 Å². The van der Waals surface area contributed by atoms with Crippen LogP contribution < -0.4 is 0 Å². The smallest absolute Gasteiger partial charge is 0.303 e. The van der Waals surface area contributed by atoms with E-state index in [4.69, 9.17) is 17.3 Å². The van der Waals surface area contributed by atoms with Crippen LogP contribution in [0.5, 0.6) is 0 Å². The van der Waals surface area contributed by atoms with Crippen LogP contribution in [0.4, 0.5) is 0 Å². The number of nitrogens with zero attached hydrogens (tertiary/aromatic N) is 2. The first-order chi connectivity index (χ1) is 12.4. The van der Waals surface area contributed by atoms with Crippen molar-refractivity contribution < 1.29 is 19.5 Å². The summed E-state index contributed by atoms with van der Waals surface area (Å²) in [5, 5.41) is 9.60. The number of fused-ring (bicyclic) bond motifs is 1. The molecule has 0 unspecified atom stereocenters. The SMILES string of the molecule is CC(=O)n1cc(/C=C2\SC(=S)N(CCCC(=O)O)C2=O)c2ccccc21. The number of carboxylic acid groups (broad SMARTS) is 1. The van der Waals surface area contributed by atoms with E-state index >= 15 is 0 Å². The molecule has 1 aliphatic heterocycles. The summed E-state index contributed by atoms with van der Waals surface area (Å²) < 4.78 is 1.97. The van der Waals surface area contributed by atoms with Crippen LogP contribution in [0.3, 0.4) is 0 Å². The van der Waals surface area contributed by atoms with Crippen molar-refractivity contribution in [3.05, 3.63) is 40.9 Å². The van der Waals surface area contributed by atoms with Crippen LogP contribution in [0.25, 0.3) is 17.0 Å². The van der Waals surface area contributed by atoms with Gasteiger partial charge in [0.1, 0.15) is 4.32 Å². The molecular formula is C18H16N2O4S2. The minimum Gasteiger partial charge on any atom is -0.481 e. The molecule has 0 bridgehead atoms. The van der Waals surface area contributed by atoms with Gasteiger partial charge in [-0.05, 0) is 18.6 Å². The molecule has 134 valence electrons. The van der Waals surface area contributed by atoms with Gasteiger partial charge in [0.05, 0.1) is 10.4 Å². The maximum atomic E-state index is 12.6. The van der Waals surface area contributed by atoms with E-state index in [0.29, 0.717) is 15.6 Å². The Kier molecular flexibility index (Phi) is 5.24. The monoisotopic (exact) mass is 388 g/mol. The molecule has 1 aromatic heterocycles. The second kappa shape index (κ2) is 7.43. The number of amides is 1. The van der Waals surface area contributed by atoms with Crippen molar-refractivity contribution in [2.75, 3.05) is 6.54 Å². The van der Waals surface area contributed by atoms with Gasteiger partial charge >= 0.3 is 5.97 Å². The third-order valence-corrected chi connectivity index (χ3v) is 5.39. The summed E-state index contributed by atoms with van der Waals surface area (Å²) in [6, 6.07) is 7.48. The molecule has 1 aromatic carbocycles. The predicted octanol–water partition coefficient (Wildman–Crippen LogP) is 3.37. The molecule has 26 heavy (non-hydrogen) atoms. The lowest BCUT2D eigenvalue weighted by molar-refractivity contribution is -0.137. The molecule has 3 rings (SSSR count). The van der Waals surface area contributed by atoms with E-state index in [1.807, 2.05) is 24.3 Å². The Labute approximate surface area is 159 Å². The number of para-hydroxylation sites is 1. The Bertz CT molecular complexity index is 961. The van der Waals surface area contributed by atoms with Gasteiger partial charge in [-0.2, -0.15) is 0 Å². The van der Waals surface area contributed by atoms with Crippen molar-refractivity contribution >= 4 is 63.1 Å². The highest BCUT2D eigenvalue weighted by Crippen LogP contribution is 2.34. The minimum atomic E-state index is -0.900. The number of carbonyl (C=O) groups is 3. The number of rotatable bonds is 5. The van der Waals surface area contributed by atoms with Crippen molar-refractivity contribution in [1.29, 1.82) is 0 Å². The summed E-state index contributed by atoms with van der Waals surface area (Å²) in [7, 11) is 0. The number of benzene rings is 1. The van der Waals surface area contributed by atoms with Crippen LogP contribution in [0.15, 0.2) is 35.4 Å². The van der Waals surface area contributed by atoms with Crippen LogP contribution in [0.1, 0.15) is 30.1 Å². The van der Waals surface area contributed by atoms with E-state index in [-0.39, 0.29) is 24.8 Å². The van der Waals surface area contributed by atoms with E-state index in [1.54, 1.807) is 16.8 Å². The predicted molar refractivity (Wildman–Crippen MR) is 105 cm³/mol. The third kappa shape index (κ3) is 3.56. The quantitative estimate of drug-likeness (QED) is 0.625. The van der Waals surface area contributed by atoms with Gasteiger partial charge in [0, 0.05) is 37.0 Å². The van der Waals surface area contributed by atoms with Crippen LogP contribution in [0, 0.1) is 0 Å². The maximum Gasteiger partial charge on any atom is 0.303 e. The third-order valence-electron chi connectivity index (χ3n) is 4.01. The minimum absolute atomic E-state index is 0.0117. The summed E-state index contributed by atoms with van der Waals surface area (Å²) >= 11 is 6.44. The molecule has 1 N–H and O–H groups in total. The standard InChI is InChI=1S/C18H16N2O4S2/c1-11(21)20-10-12(13-5-2-3-6-14(13)20)9-15-17(24)19(18(25)26-15)8-4-7-16(22)23/h2-3,5-6,9-10H,4,7-8H2,1H3,(H,22,23)/b15-9-. The molecule has 0 saturated carbocycles. The van der Waals surface area contributed by atoms with E-state index in [1.165, 1.54) is 23.6 Å². The number of thioether (sulfide) groups is 1. The number of hydrogen-bond donors (Lipinski definition) is 1. The van der Waals surface area contributed by atoms with Crippen LogP contribution in [-0.4, -0.2) is 43.2 Å². The Morgan fingerprint density at radius 1 is 1.31 bits per heavy atom. The number of carbonyl (C=O) groups excluding carboxylic acids is 2. The topological polar surface area (TPSA) is 79.6 Å². The first kappa shape index (κ1) is 18.3. The summed E-state index contributed by atoms with van der Waals surface area (Å²) in [5.41, 5.74) is 1.55. The van der Waals surface area contributed by atoms with E-state index in [2.05, 4.69) is 0 Å². The van der Waals surface area contributed by atoms with E-state index in [0.717, 1.165) is 16.5 Å². The number of thiocarbonyl (C=S) groups is 1. The highest BCUT2D eigenvalue weighted by atomic mass is 32.2. The molecule has 0 spiro atoms. The molecule has 0 atom stereocenters. The summed E-state index contributed by atoms with van der Waals surface area (Å²) in [4.78, 5) is 37.0. The van der Waals surface area contributed by atoms with Gasteiger partial charge in [-0.15, -0.1) is 0 Å². The number of hydrogen-bond acceptors (Lipinski definition) is 5. The molecule has 1 fully saturated rings. The molecule has 0 aliphatic carbocycles. The lowest BCUT2D eigenvalue weighted by Crippen LogP contribution is -2.29. The van der Waals surface area contributed by atoms with Crippen molar-refractivity contribution in [1.82, 2.24) is 9.47 Å². The van der Waals surface area contributed by atoms with Crippen LogP contribution in [-0.2, 0) is 9.59 Å². The first-order valence-corrected chi connectivity index (χ1v) is 9.19. The molecule has 1 amide bonds. The van der Waals surface area contributed by atoms with Gasteiger partial charge in [0.2, 0.25) is 5.91 Å². The molecular weight excluding hydrogens is 372 g/mol. The molecule has 2 aromatic rings. The average Bonchev–Trinajstić information content (AvgIpc) is 3.08. The lowest BCUT2D eigenvalue weighted by Gasteiger charge is -2.13. The maximum absolute atomic E-state index is 12.6. The van der Waals surface area contributed by atoms with E-state index < -0.39 is 5.97 Å². The molecule has 8 heteroatoms. The van der Waals surface area contributed by atoms with Crippen molar-refractivity contribution in [2.45, 2.75) is 19.8 Å². The van der Waals surface area contributed by atoms with Gasteiger partial charge in [-0.1, -0.05) is 42.2 Å². The fourth-order valence-electron chi connectivity index (χ4n) is 2.80. The Balaban J connectivity index is 1.90. The molecule has 0 radical (unpaired) electrons. The Morgan fingerprint density at radius 2 is 2.04 bits per heavy atom. The second-order valence-corrected chi connectivity index (χ2v) is 7.50. The van der Waals surface area contributed by atoms with Crippen molar-refractivity contribution in [3.8, 4) is 0 Å². The van der Waals surface area contributed by atoms with Crippen LogP contribution in [0.2, 0.25) is 0 Å².